The van der Waals surface area contributed by atoms with Crippen LogP contribution in [0.5, 0.6) is 0 Å². The molecule has 3 rings (SSSR count). The Labute approximate surface area is 115 Å². The first-order valence-corrected chi connectivity index (χ1v) is 5.85. The molecule has 0 saturated carbocycles. The summed E-state index contributed by atoms with van der Waals surface area (Å²) in [6.07, 6.45) is -5.77. The smallest absolute Gasteiger partial charge is 0.380 e. The quantitative estimate of drug-likeness (QED) is 0.698. The topological polar surface area (TPSA) is 53.2 Å². The molecule has 1 amide bonds. The second kappa shape index (κ2) is 4.09. The van der Waals surface area contributed by atoms with E-state index in [1.807, 2.05) is 5.43 Å². The van der Waals surface area contributed by atoms with Crippen molar-refractivity contribution in [3.8, 4) is 0 Å². The van der Waals surface area contributed by atoms with Gasteiger partial charge in [0.25, 0.3) is 5.91 Å². The highest BCUT2D eigenvalue weighted by Crippen LogP contribution is 2.46. The molecule has 21 heavy (non-hydrogen) atoms. The molecule has 0 spiro atoms. The third-order valence-electron chi connectivity index (χ3n) is 3.34. The molecule has 0 bridgehead atoms. The van der Waals surface area contributed by atoms with Crippen LogP contribution >= 0.6 is 0 Å². The van der Waals surface area contributed by atoms with Gasteiger partial charge in [0.15, 0.2) is 0 Å². The van der Waals surface area contributed by atoms with Crippen molar-refractivity contribution in [1.82, 2.24) is 10.9 Å². The molecular formula is C12H8F5N3O. The summed E-state index contributed by atoms with van der Waals surface area (Å²) in [6.45, 7) is -0.227. The van der Waals surface area contributed by atoms with Crippen molar-refractivity contribution in [2.75, 3.05) is 11.9 Å². The number of anilines is 1. The van der Waals surface area contributed by atoms with Gasteiger partial charge >= 0.3 is 12.1 Å². The number of hydrogen-bond donors (Lipinski definition) is 3. The van der Waals surface area contributed by atoms with Crippen LogP contribution in [0.2, 0.25) is 0 Å². The summed E-state index contributed by atoms with van der Waals surface area (Å²) >= 11 is 0. The fraction of sp³-hybridized carbons (Fsp3) is 0.250. The number of carbonyl (C=O) groups excluding carboxylic acids is 1. The number of rotatable bonds is 1. The maximum absolute atomic E-state index is 13.7. The Hall–Kier alpha value is -2.32. The summed E-state index contributed by atoms with van der Waals surface area (Å²) < 4.78 is 65.1. The predicted octanol–water partition coefficient (Wildman–Crippen LogP) is 2.27. The summed E-state index contributed by atoms with van der Waals surface area (Å²) in [4.78, 5) is 11.8. The van der Waals surface area contributed by atoms with E-state index >= 15 is 0 Å². The van der Waals surface area contributed by atoms with Crippen LogP contribution in [-0.2, 0) is 0 Å². The van der Waals surface area contributed by atoms with E-state index in [2.05, 4.69) is 5.32 Å². The Morgan fingerprint density at radius 3 is 2.43 bits per heavy atom. The van der Waals surface area contributed by atoms with E-state index in [0.717, 1.165) is 0 Å². The van der Waals surface area contributed by atoms with Gasteiger partial charge < -0.3 is 5.32 Å². The van der Waals surface area contributed by atoms with E-state index in [1.165, 1.54) is 18.2 Å². The molecule has 112 valence electrons. The highest BCUT2D eigenvalue weighted by molar-refractivity contribution is 6.05. The highest BCUT2D eigenvalue weighted by atomic mass is 19.4. The molecule has 0 aliphatic carbocycles. The van der Waals surface area contributed by atoms with Crippen molar-refractivity contribution >= 4 is 17.2 Å². The Kier molecular flexibility index (Phi) is 2.66. The molecule has 0 saturated heterocycles. The molecule has 0 atom stereocenters. The summed E-state index contributed by atoms with van der Waals surface area (Å²) in [6, 6.07) is 4.38. The van der Waals surface area contributed by atoms with Gasteiger partial charge in [0.1, 0.15) is 5.70 Å². The van der Waals surface area contributed by atoms with Crippen molar-refractivity contribution in [2.24, 2.45) is 0 Å². The summed E-state index contributed by atoms with van der Waals surface area (Å²) in [5.74, 6) is -5.88. The second-order valence-electron chi connectivity index (χ2n) is 4.59. The molecule has 3 N–H and O–H groups in total. The van der Waals surface area contributed by atoms with Gasteiger partial charge in [0.2, 0.25) is 0 Å². The molecule has 0 aromatic heterocycles. The standard InChI is InChI=1S/C12H8F5N3O/c13-11(14,12(15,16)17)9-6-4-18-7-3-1-2-5(8(6)7)10(21)20-19-9/h1-3,18-19H,4H2,(H,20,21). The predicted molar refractivity (Wildman–Crippen MR) is 63.5 cm³/mol. The van der Waals surface area contributed by atoms with E-state index in [4.69, 9.17) is 0 Å². The van der Waals surface area contributed by atoms with Crippen molar-refractivity contribution in [1.29, 1.82) is 0 Å². The summed E-state index contributed by atoms with van der Waals surface area (Å²) in [7, 11) is 0. The van der Waals surface area contributed by atoms with Crippen LogP contribution < -0.4 is 16.2 Å². The molecule has 1 aromatic carbocycles. The zero-order valence-electron chi connectivity index (χ0n) is 10.2. The minimum atomic E-state index is -5.77. The van der Waals surface area contributed by atoms with Crippen molar-refractivity contribution in [3.05, 3.63) is 35.0 Å². The zero-order valence-corrected chi connectivity index (χ0v) is 10.2. The largest absolute Gasteiger partial charge is 0.459 e. The number of halogens is 5. The molecule has 2 heterocycles. The lowest BCUT2D eigenvalue weighted by molar-refractivity contribution is -0.266. The normalized spacial score (nSPS) is 17.7. The number of allylic oxidation sites excluding steroid dienone is 1. The first-order chi connectivity index (χ1) is 9.73. The average Bonchev–Trinajstić information content (AvgIpc) is 2.74. The summed E-state index contributed by atoms with van der Waals surface area (Å²) in [5, 5.41) is 2.71. The van der Waals surface area contributed by atoms with E-state index in [-0.39, 0.29) is 23.2 Å². The number of hydrazine groups is 1. The van der Waals surface area contributed by atoms with Gasteiger partial charge in [-0.25, -0.2) is 0 Å². The van der Waals surface area contributed by atoms with E-state index < -0.39 is 23.7 Å². The van der Waals surface area contributed by atoms with Gasteiger partial charge in [0.05, 0.1) is 5.56 Å². The van der Waals surface area contributed by atoms with Crippen LogP contribution in [0.15, 0.2) is 23.9 Å². The monoisotopic (exact) mass is 305 g/mol. The number of benzene rings is 1. The van der Waals surface area contributed by atoms with Crippen molar-refractivity contribution in [2.45, 2.75) is 12.1 Å². The molecular weight excluding hydrogens is 297 g/mol. The molecule has 2 aliphatic rings. The van der Waals surface area contributed by atoms with Gasteiger partial charge in [-0.3, -0.25) is 15.6 Å². The maximum atomic E-state index is 13.7. The molecule has 0 unspecified atom stereocenters. The Morgan fingerprint density at radius 1 is 1.05 bits per heavy atom. The molecule has 0 radical (unpaired) electrons. The van der Waals surface area contributed by atoms with Crippen LogP contribution in [0.25, 0.3) is 5.57 Å². The second-order valence-corrected chi connectivity index (χ2v) is 4.59. The van der Waals surface area contributed by atoms with Gasteiger partial charge in [0, 0.05) is 23.4 Å². The van der Waals surface area contributed by atoms with E-state index in [1.54, 1.807) is 5.43 Å². The number of alkyl halides is 5. The highest BCUT2D eigenvalue weighted by Gasteiger charge is 2.62. The lowest BCUT2D eigenvalue weighted by Crippen LogP contribution is -2.48. The Balaban J connectivity index is 2.26. The van der Waals surface area contributed by atoms with Gasteiger partial charge in [-0.2, -0.15) is 22.0 Å². The van der Waals surface area contributed by atoms with E-state index in [9.17, 15) is 26.7 Å². The number of nitrogens with one attached hydrogen (secondary N) is 3. The third kappa shape index (κ3) is 1.83. The number of carbonyl (C=O) groups is 1. The Morgan fingerprint density at radius 2 is 1.76 bits per heavy atom. The van der Waals surface area contributed by atoms with Gasteiger partial charge in [-0.05, 0) is 12.1 Å². The summed E-state index contributed by atoms with van der Waals surface area (Å²) in [5.41, 5.74) is 2.41. The third-order valence-corrected chi connectivity index (χ3v) is 3.34. The first kappa shape index (κ1) is 13.7. The van der Waals surface area contributed by atoms with Crippen LogP contribution in [0, 0.1) is 0 Å². The van der Waals surface area contributed by atoms with Crippen LogP contribution in [0.1, 0.15) is 15.9 Å². The lowest BCUT2D eigenvalue weighted by Gasteiger charge is -2.24. The van der Waals surface area contributed by atoms with Crippen molar-refractivity contribution < 1.29 is 26.7 Å². The fourth-order valence-corrected chi connectivity index (χ4v) is 2.37. The number of hydrogen-bond acceptors (Lipinski definition) is 3. The minimum Gasteiger partial charge on any atom is -0.380 e. The zero-order chi connectivity index (χ0) is 15.4. The SMILES string of the molecule is O=C1NNC(C(F)(F)C(F)(F)F)=C2CNc3cccc1c32. The van der Waals surface area contributed by atoms with Crippen LogP contribution in [-0.4, -0.2) is 24.6 Å². The van der Waals surface area contributed by atoms with Gasteiger partial charge in [-0.15, -0.1) is 0 Å². The average molecular weight is 305 g/mol. The first-order valence-electron chi connectivity index (χ1n) is 5.85. The van der Waals surface area contributed by atoms with Gasteiger partial charge in [-0.1, -0.05) is 6.07 Å². The molecule has 1 aromatic rings. The van der Waals surface area contributed by atoms with Crippen LogP contribution in [0.3, 0.4) is 0 Å². The van der Waals surface area contributed by atoms with Crippen LogP contribution in [0.4, 0.5) is 27.6 Å². The minimum absolute atomic E-state index is 0.0352. The lowest BCUT2D eigenvalue weighted by atomic mass is 9.97. The molecule has 2 aliphatic heterocycles. The molecule has 4 nitrogen and oxygen atoms in total. The molecule has 0 fully saturated rings. The maximum Gasteiger partial charge on any atom is 0.459 e. The Bertz CT molecular complexity index is 665. The van der Waals surface area contributed by atoms with E-state index in [0.29, 0.717) is 5.69 Å². The number of amides is 1. The molecule has 9 heteroatoms. The van der Waals surface area contributed by atoms with Crippen molar-refractivity contribution in [3.63, 3.8) is 0 Å². The fourth-order valence-electron chi connectivity index (χ4n) is 2.37.